The third kappa shape index (κ3) is 4.26. The highest BCUT2D eigenvalue weighted by atomic mass is 79.9. The van der Waals surface area contributed by atoms with Gasteiger partial charge in [0.1, 0.15) is 5.82 Å². The average Bonchev–Trinajstić information content (AvgIpc) is 2.37. The second-order valence-electron chi connectivity index (χ2n) is 4.79. The second-order valence-corrected chi connectivity index (χ2v) is 5.64. The fourth-order valence-electron chi connectivity index (χ4n) is 2.09. The monoisotopic (exact) mass is 329 g/mol. The summed E-state index contributed by atoms with van der Waals surface area (Å²) in [6.07, 6.45) is 1.83. The Morgan fingerprint density at radius 1 is 1.47 bits per heavy atom. The molecule has 1 amide bonds. The summed E-state index contributed by atoms with van der Waals surface area (Å²) in [5.74, 6) is -0.515. The van der Waals surface area contributed by atoms with Crippen molar-refractivity contribution in [3.8, 4) is 0 Å². The molecule has 1 aliphatic rings. The summed E-state index contributed by atoms with van der Waals surface area (Å²) in [5, 5.41) is 2.70. The Morgan fingerprint density at radius 3 is 2.79 bits per heavy atom. The third-order valence-electron chi connectivity index (χ3n) is 3.20. The van der Waals surface area contributed by atoms with Crippen LogP contribution in [-0.2, 0) is 4.79 Å². The molecule has 4 nitrogen and oxygen atoms in total. The van der Waals surface area contributed by atoms with Crippen LogP contribution in [0.4, 0.5) is 10.1 Å². The van der Waals surface area contributed by atoms with Crippen molar-refractivity contribution >= 4 is 27.5 Å². The number of nitrogens with one attached hydrogen (secondary N) is 1. The molecule has 6 heteroatoms. The summed E-state index contributed by atoms with van der Waals surface area (Å²) in [4.78, 5) is 13.9. The molecule has 1 saturated heterocycles. The molecule has 1 aromatic carbocycles. The van der Waals surface area contributed by atoms with E-state index in [0.717, 1.165) is 25.9 Å². The maximum Gasteiger partial charge on any atom is 0.238 e. The molecular weight excluding hydrogens is 313 g/mol. The van der Waals surface area contributed by atoms with E-state index in [1.54, 1.807) is 12.1 Å². The number of hydrogen-bond donors (Lipinski definition) is 2. The molecule has 0 saturated carbocycles. The lowest BCUT2D eigenvalue weighted by Gasteiger charge is -2.29. The van der Waals surface area contributed by atoms with Crippen LogP contribution in [-0.4, -0.2) is 36.5 Å². The molecule has 1 aliphatic heterocycles. The molecule has 104 valence electrons. The fourth-order valence-corrected chi connectivity index (χ4v) is 2.34. The number of carbonyl (C=O) groups excluding carboxylic acids is 1. The first kappa shape index (κ1) is 14.4. The van der Waals surface area contributed by atoms with Crippen molar-refractivity contribution in [2.45, 2.75) is 18.9 Å². The van der Waals surface area contributed by atoms with Gasteiger partial charge in [0.15, 0.2) is 0 Å². The minimum absolute atomic E-state index is 0.128. The fraction of sp³-hybridized carbons (Fsp3) is 0.462. The maximum atomic E-state index is 13.3. The van der Waals surface area contributed by atoms with Gasteiger partial charge in [-0.25, -0.2) is 4.39 Å². The number of likely N-dealkylation sites (tertiary alicyclic amines) is 1. The smallest absolute Gasteiger partial charge is 0.238 e. The molecule has 0 radical (unpaired) electrons. The zero-order valence-electron chi connectivity index (χ0n) is 10.5. The van der Waals surface area contributed by atoms with E-state index < -0.39 is 0 Å². The molecule has 0 spiro atoms. The first-order valence-electron chi connectivity index (χ1n) is 6.27. The van der Waals surface area contributed by atoms with Crippen molar-refractivity contribution in [1.29, 1.82) is 0 Å². The number of amides is 1. The van der Waals surface area contributed by atoms with Crippen LogP contribution >= 0.6 is 15.9 Å². The largest absolute Gasteiger partial charge is 0.328 e. The van der Waals surface area contributed by atoms with Gasteiger partial charge in [0.25, 0.3) is 0 Å². The summed E-state index contributed by atoms with van der Waals surface area (Å²) in [7, 11) is 0. The van der Waals surface area contributed by atoms with E-state index in [4.69, 9.17) is 5.73 Å². The molecule has 1 fully saturated rings. The molecule has 2 rings (SSSR count). The van der Waals surface area contributed by atoms with Crippen molar-refractivity contribution in [2.24, 2.45) is 5.73 Å². The number of benzene rings is 1. The van der Waals surface area contributed by atoms with Gasteiger partial charge in [-0.1, -0.05) is 0 Å². The van der Waals surface area contributed by atoms with Crippen molar-refractivity contribution in [3.63, 3.8) is 0 Å². The lowest BCUT2D eigenvalue weighted by atomic mass is 10.1. The molecule has 0 unspecified atom stereocenters. The van der Waals surface area contributed by atoms with Crippen LogP contribution in [0.1, 0.15) is 12.8 Å². The summed E-state index contributed by atoms with van der Waals surface area (Å²) in [6.45, 7) is 2.00. The van der Waals surface area contributed by atoms with E-state index in [0.29, 0.717) is 16.7 Å². The topological polar surface area (TPSA) is 58.4 Å². The molecule has 0 bridgehead atoms. The molecule has 19 heavy (non-hydrogen) atoms. The van der Waals surface area contributed by atoms with Crippen molar-refractivity contribution in [2.75, 3.05) is 25.0 Å². The molecule has 0 atom stereocenters. The van der Waals surface area contributed by atoms with Gasteiger partial charge >= 0.3 is 0 Å². The normalized spacial score (nSPS) is 17.4. The Balaban J connectivity index is 1.85. The minimum atomic E-state index is -0.387. The second kappa shape index (κ2) is 6.45. The lowest BCUT2D eigenvalue weighted by molar-refractivity contribution is -0.117. The predicted molar refractivity (Wildman–Crippen MR) is 76.4 cm³/mol. The van der Waals surface area contributed by atoms with Crippen LogP contribution in [0, 0.1) is 5.82 Å². The Hall–Kier alpha value is -0.980. The number of anilines is 1. The van der Waals surface area contributed by atoms with Crippen LogP contribution in [0.3, 0.4) is 0 Å². The van der Waals surface area contributed by atoms with Crippen LogP contribution in [0.5, 0.6) is 0 Å². The van der Waals surface area contributed by atoms with Crippen molar-refractivity contribution in [3.05, 3.63) is 28.5 Å². The van der Waals surface area contributed by atoms with Gasteiger partial charge in [-0.05, 0) is 47.0 Å². The molecule has 3 N–H and O–H groups in total. The zero-order chi connectivity index (χ0) is 13.8. The summed E-state index contributed by atoms with van der Waals surface area (Å²) in [5.41, 5.74) is 6.28. The standard InChI is InChI=1S/C13H17BrFN3O/c14-11-2-1-10(7-12(11)15)17-13(19)8-18-5-3-9(16)4-6-18/h1-2,7,9H,3-6,8,16H2,(H,17,19). The van der Waals surface area contributed by atoms with Crippen LogP contribution < -0.4 is 11.1 Å². The summed E-state index contributed by atoms with van der Waals surface area (Å²) in [6, 6.07) is 4.79. The van der Waals surface area contributed by atoms with E-state index in [9.17, 15) is 9.18 Å². The summed E-state index contributed by atoms with van der Waals surface area (Å²) >= 11 is 3.07. The quantitative estimate of drug-likeness (QED) is 0.891. The predicted octanol–water partition coefficient (Wildman–Crippen LogP) is 1.95. The van der Waals surface area contributed by atoms with Crippen molar-refractivity contribution in [1.82, 2.24) is 4.90 Å². The first-order valence-corrected chi connectivity index (χ1v) is 7.07. The zero-order valence-corrected chi connectivity index (χ0v) is 12.1. The number of piperidine rings is 1. The van der Waals surface area contributed by atoms with Crippen LogP contribution in [0.15, 0.2) is 22.7 Å². The minimum Gasteiger partial charge on any atom is -0.328 e. The molecule has 1 heterocycles. The highest BCUT2D eigenvalue weighted by molar-refractivity contribution is 9.10. The van der Waals surface area contributed by atoms with Gasteiger partial charge in [-0.15, -0.1) is 0 Å². The van der Waals surface area contributed by atoms with Crippen molar-refractivity contribution < 1.29 is 9.18 Å². The molecule has 1 aromatic rings. The Morgan fingerprint density at radius 2 is 2.16 bits per heavy atom. The van der Waals surface area contributed by atoms with Crippen LogP contribution in [0.25, 0.3) is 0 Å². The SMILES string of the molecule is NC1CCN(CC(=O)Nc2ccc(Br)c(F)c2)CC1. The maximum absolute atomic E-state index is 13.3. The van der Waals surface area contributed by atoms with E-state index in [-0.39, 0.29) is 17.8 Å². The molecule has 0 aromatic heterocycles. The van der Waals surface area contributed by atoms with E-state index in [2.05, 4.69) is 26.1 Å². The number of carbonyl (C=O) groups is 1. The van der Waals surface area contributed by atoms with E-state index >= 15 is 0 Å². The Labute approximate surface area is 120 Å². The average molecular weight is 330 g/mol. The van der Waals surface area contributed by atoms with Gasteiger partial charge in [-0.2, -0.15) is 0 Å². The highest BCUT2D eigenvalue weighted by Crippen LogP contribution is 2.19. The number of nitrogens with two attached hydrogens (primary N) is 1. The van der Waals surface area contributed by atoms with Gasteiger partial charge in [0.2, 0.25) is 5.91 Å². The van der Waals surface area contributed by atoms with Crippen LogP contribution in [0.2, 0.25) is 0 Å². The van der Waals surface area contributed by atoms with E-state index in [1.165, 1.54) is 6.07 Å². The van der Waals surface area contributed by atoms with Gasteiger partial charge < -0.3 is 11.1 Å². The lowest BCUT2D eigenvalue weighted by Crippen LogP contribution is -2.43. The Kier molecular flexibility index (Phi) is 4.90. The third-order valence-corrected chi connectivity index (χ3v) is 3.85. The van der Waals surface area contributed by atoms with Gasteiger partial charge in [0, 0.05) is 24.8 Å². The number of nitrogens with zero attached hydrogens (tertiary/aromatic N) is 1. The first-order chi connectivity index (χ1) is 9.04. The summed E-state index contributed by atoms with van der Waals surface area (Å²) < 4.78 is 13.7. The highest BCUT2D eigenvalue weighted by Gasteiger charge is 2.18. The molecular formula is C13H17BrFN3O. The van der Waals surface area contributed by atoms with Gasteiger partial charge in [0.05, 0.1) is 11.0 Å². The van der Waals surface area contributed by atoms with Gasteiger partial charge in [-0.3, -0.25) is 9.69 Å². The number of halogens is 2. The number of hydrogen-bond acceptors (Lipinski definition) is 3. The van der Waals surface area contributed by atoms with E-state index in [1.807, 2.05) is 0 Å². The Bertz CT molecular complexity index is 461. The number of rotatable bonds is 3. The molecule has 0 aliphatic carbocycles.